The molecule has 0 aliphatic carbocycles. The fourth-order valence-electron chi connectivity index (χ4n) is 4.00. The molecule has 1 N–H and O–H groups in total. The number of methoxy groups -OCH3 is 2. The van der Waals surface area contributed by atoms with Crippen LogP contribution in [0.3, 0.4) is 0 Å². The topological polar surface area (TPSA) is 108 Å². The Morgan fingerprint density at radius 1 is 1.06 bits per heavy atom. The van der Waals surface area contributed by atoms with E-state index >= 15 is 0 Å². The molecule has 8 heteroatoms. The molecule has 8 nitrogen and oxygen atoms in total. The van der Waals surface area contributed by atoms with E-state index < -0.39 is 11.1 Å². The molecule has 1 atom stereocenters. The Bertz CT molecular complexity index is 1540. The normalized spacial score (nSPS) is 15.3. The fraction of sp³-hybridized carbons (Fsp3) is 0.217. The molecular weight excluding hydrogens is 404 g/mol. The molecule has 0 amide bonds. The van der Waals surface area contributed by atoms with Crippen LogP contribution < -0.4 is 25.3 Å². The van der Waals surface area contributed by atoms with Gasteiger partial charge in [0.25, 0.3) is 0 Å². The summed E-state index contributed by atoms with van der Waals surface area (Å²) in [6, 6.07) is 4.39. The van der Waals surface area contributed by atoms with Crippen LogP contribution in [-0.4, -0.2) is 25.4 Å². The van der Waals surface area contributed by atoms with Crippen LogP contribution in [0.2, 0.25) is 0 Å². The van der Waals surface area contributed by atoms with Gasteiger partial charge in [0, 0.05) is 29.5 Å². The number of phenols is 1. The van der Waals surface area contributed by atoms with E-state index in [2.05, 4.69) is 6.58 Å². The van der Waals surface area contributed by atoms with Crippen LogP contribution in [0.5, 0.6) is 23.0 Å². The van der Waals surface area contributed by atoms with Gasteiger partial charge in [0.15, 0.2) is 11.5 Å². The maximum absolute atomic E-state index is 13.5. The van der Waals surface area contributed by atoms with Gasteiger partial charge in [-0.1, -0.05) is 6.58 Å². The summed E-state index contributed by atoms with van der Waals surface area (Å²) in [4.78, 5) is 26.2. The second-order valence-electron chi connectivity index (χ2n) is 7.46. The molecule has 1 aliphatic rings. The lowest BCUT2D eigenvalue weighted by molar-refractivity contribution is 0.270. The van der Waals surface area contributed by atoms with Gasteiger partial charge in [-0.15, -0.1) is 0 Å². The summed E-state index contributed by atoms with van der Waals surface area (Å²) in [6.07, 6.45) is 0.0885. The molecule has 0 radical (unpaired) electrons. The summed E-state index contributed by atoms with van der Waals surface area (Å²) in [5.74, 6) is 0.776. The SMILES string of the molecule is C=C(C)C1Cc2c(cc(O)c3c(=O)c4c(oc23)c(=O)oc2cc(OC)c(OC)cc24)O1. The third kappa shape index (κ3) is 2.61. The highest BCUT2D eigenvalue weighted by molar-refractivity contribution is 6.07. The zero-order valence-corrected chi connectivity index (χ0v) is 17.0. The van der Waals surface area contributed by atoms with E-state index in [1.807, 2.05) is 6.92 Å². The highest BCUT2D eigenvalue weighted by Gasteiger charge is 2.30. The third-order valence-corrected chi connectivity index (χ3v) is 5.56. The van der Waals surface area contributed by atoms with Gasteiger partial charge in [-0.25, -0.2) is 4.79 Å². The minimum absolute atomic E-state index is 0.00896. The number of hydrogen-bond acceptors (Lipinski definition) is 8. The Kier molecular flexibility index (Phi) is 4.01. The first-order valence-corrected chi connectivity index (χ1v) is 9.50. The van der Waals surface area contributed by atoms with Crippen LogP contribution in [0.1, 0.15) is 12.5 Å². The molecule has 31 heavy (non-hydrogen) atoms. The number of hydrogen-bond donors (Lipinski definition) is 1. The highest BCUT2D eigenvalue weighted by atomic mass is 16.5. The molecular formula is C23H18O8. The fourth-order valence-corrected chi connectivity index (χ4v) is 4.00. The molecule has 4 aromatic rings. The molecule has 5 rings (SSSR count). The van der Waals surface area contributed by atoms with E-state index in [0.29, 0.717) is 34.6 Å². The van der Waals surface area contributed by atoms with E-state index in [0.717, 1.165) is 5.57 Å². The van der Waals surface area contributed by atoms with Crippen molar-refractivity contribution in [2.75, 3.05) is 14.2 Å². The number of ether oxygens (including phenoxy) is 3. The maximum Gasteiger partial charge on any atom is 0.380 e. The Labute approximate surface area is 174 Å². The number of rotatable bonds is 3. The molecule has 1 unspecified atom stereocenters. The van der Waals surface area contributed by atoms with E-state index in [4.69, 9.17) is 23.0 Å². The Morgan fingerprint density at radius 2 is 1.77 bits per heavy atom. The predicted molar refractivity (Wildman–Crippen MR) is 114 cm³/mol. The van der Waals surface area contributed by atoms with Crippen molar-refractivity contribution in [3.05, 3.63) is 56.6 Å². The smallest absolute Gasteiger partial charge is 0.380 e. The van der Waals surface area contributed by atoms with Gasteiger partial charge in [0.2, 0.25) is 11.0 Å². The van der Waals surface area contributed by atoms with Gasteiger partial charge in [-0.2, -0.15) is 0 Å². The van der Waals surface area contributed by atoms with Crippen LogP contribution in [0.25, 0.3) is 32.9 Å². The Balaban J connectivity index is 1.95. The van der Waals surface area contributed by atoms with Gasteiger partial charge in [0.05, 0.1) is 19.6 Å². The summed E-state index contributed by atoms with van der Waals surface area (Å²) in [7, 11) is 2.90. The molecule has 2 aromatic carbocycles. The van der Waals surface area contributed by atoms with Crippen molar-refractivity contribution in [3.63, 3.8) is 0 Å². The average Bonchev–Trinajstić information content (AvgIpc) is 3.17. The van der Waals surface area contributed by atoms with E-state index in [1.165, 1.54) is 32.4 Å². The van der Waals surface area contributed by atoms with Crippen molar-refractivity contribution < 1.29 is 28.2 Å². The third-order valence-electron chi connectivity index (χ3n) is 5.56. The average molecular weight is 422 g/mol. The molecule has 158 valence electrons. The first-order valence-electron chi connectivity index (χ1n) is 9.50. The van der Waals surface area contributed by atoms with Crippen LogP contribution >= 0.6 is 0 Å². The molecule has 0 bridgehead atoms. The number of aromatic hydroxyl groups is 1. The van der Waals surface area contributed by atoms with Crippen LogP contribution in [0.4, 0.5) is 0 Å². The Morgan fingerprint density at radius 3 is 2.45 bits per heavy atom. The van der Waals surface area contributed by atoms with Crippen LogP contribution in [0.15, 0.2) is 48.8 Å². The van der Waals surface area contributed by atoms with Crippen molar-refractivity contribution in [2.24, 2.45) is 0 Å². The summed E-state index contributed by atoms with van der Waals surface area (Å²) in [6.45, 7) is 5.73. The van der Waals surface area contributed by atoms with Crippen molar-refractivity contribution in [1.29, 1.82) is 0 Å². The molecule has 0 fully saturated rings. The van der Waals surface area contributed by atoms with Crippen molar-refractivity contribution >= 4 is 32.9 Å². The van der Waals surface area contributed by atoms with Crippen molar-refractivity contribution in [2.45, 2.75) is 19.4 Å². The van der Waals surface area contributed by atoms with E-state index in [1.54, 1.807) is 0 Å². The molecule has 0 saturated carbocycles. The number of benzene rings is 2. The Hall–Kier alpha value is -3.94. The first-order chi connectivity index (χ1) is 14.8. The lowest BCUT2D eigenvalue weighted by Gasteiger charge is -2.11. The molecule has 0 spiro atoms. The minimum Gasteiger partial charge on any atom is -0.507 e. The highest BCUT2D eigenvalue weighted by Crippen LogP contribution is 2.42. The van der Waals surface area contributed by atoms with Gasteiger partial charge in [-0.3, -0.25) is 4.79 Å². The van der Waals surface area contributed by atoms with E-state index in [9.17, 15) is 14.7 Å². The van der Waals surface area contributed by atoms with Crippen molar-refractivity contribution in [1.82, 2.24) is 0 Å². The quantitative estimate of drug-likeness (QED) is 0.231. The van der Waals surface area contributed by atoms with Gasteiger partial charge in [0.1, 0.15) is 34.2 Å². The number of phenolic OH excluding ortho intramolecular Hbond substituents is 1. The summed E-state index contributed by atoms with van der Waals surface area (Å²) < 4.78 is 27.7. The first kappa shape index (κ1) is 19.0. The summed E-state index contributed by atoms with van der Waals surface area (Å²) in [5, 5.41) is 10.9. The van der Waals surface area contributed by atoms with Gasteiger partial charge < -0.3 is 28.2 Å². The maximum atomic E-state index is 13.5. The minimum atomic E-state index is -0.818. The summed E-state index contributed by atoms with van der Waals surface area (Å²) in [5.41, 5.74) is -0.00735. The van der Waals surface area contributed by atoms with Gasteiger partial charge >= 0.3 is 5.63 Å². The van der Waals surface area contributed by atoms with Gasteiger partial charge in [-0.05, 0) is 18.6 Å². The van der Waals surface area contributed by atoms with E-state index in [-0.39, 0.29) is 39.4 Å². The second-order valence-corrected chi connectivity index (χ2v) is 7.46. The second kappa shape index (κ2) is 6.53. The molecule has 0 saturated heterocycles. The lowest BCUT2D eigenvalue weighted by atomic mass is 10.0. The number of fused-ring (bicyclic) bond motifs is 6. The standard InChI is InChI=1S/C23H18O8/c1-9(2)13-6-11-14(29-13)7-12(24)19-20(25)18-10-5-16(27-3)17(28-4)8-15(10)30-23(26)22(18)31-21(11)19/h5,7-8,13,24H,1,6H2,2-4H3. The molecule has 3 heterocycles. The largest absolute Gasteiger partial charge is 0.507 e. The monoisotopic (exact) mass is 422 g/mol. The lowest BCUT2D eigenvalue weighted by Crippen LogP contribution is -2.13. The van der Waals surface area contributed by atoms with Crippen LogP contribution in [0, 0.1) is 0 Å². The predicted octanol–water partition coefficient (Wildman–Crippen LogP) is 3.66. The zero-order valence-electron chi connectivity index (χ0n) is 17.0. The zero-order chi connectivity index (χ0) is 22.0. The van der Waals surface area contributed by atoms with Crippen LogP contribution in [-0.2, 0) is 6.42 Å². The van der Waals surface area contributed by atoms with Crippen molar-refractivity contribution in [3.8, 4) is 23.0 Å². The molecule has 1 aliphatic heterocycles. The molecule has 2 aromatic heterocycles. The summed E-state index contributed by atoms with van der Waals surface area (Å²) >= 11 is 0.